The van der Waals surface area contributed by atoms with Crippen molar-refractivity contribution in [2.45, 2.75) is 44.4 Å². The Labute approximate surface area is 134 Å². The molecule has 1 spiro atoms. The predicted molar refractivity (Wildman–Crippen MR) is 84.8 cm³/mol. The highest BCUT2D eigenvalue weighted by molar-refractivity contribution is 7.10. The summed E-state index contributed by atoms with van der Waals surface area (Å²) in [5, 5.41) is 2.18. The minimum Gasteiger partial charge on any atom is -0.361 e. The highest BCUT2D eigenvalue weighted by atomic mass is 32.1. The maximum atomic E-state index is 6.14. The largest absolute Gasteiger partial charge is 0.361 e. The smallest absolute Gasteiger partial charge is 0.131 e. The highest BCUT2D eigenvalue weighted by Crippen LogP contribution is 2.45. The van der Waals surface area contributed by atoms with Crippen molar-refractivity contribution in [3.63, 3.8) is 0 Å². The molecule has 0 unspecified atom stereocenters. The second-order valence-electron chi connectivity index (χ2n) is 6.82. The predicted octanol–water partition coefficient (Wildman–Crippen LogP) is 2.97. The average molecular weight is 313 g/mol. The lowest BCUT2D eigenvalue weighted by Gasteiger charge is -2.47. The minimum atomic E-state index is -0.136. The van der Waals surface area contributed by atoms with Crippen LogP contribution in [0.15, 0.2) is 17.6 Å². The monoisotopic (exact) mass is 313 g/mol. The Morgan fingerprint density at radius 2 is 2.27 bits per heavy atom. The molecule has 0 N–H and O–H groups in total. The summed E-state index contributed by atoms with van der Waals surface area (Å²) < 4.78 is 6.14. The molecule has 1 saturated heterocycles. The molecular formula is C17H19N3OS. The van der Waals surface area contributed by atoms with Crippen molar-refractivity contribution in [3.05, 3.63) is 45.2 Å². The Bertz CT molecular complexity index is 731. The Balaban J connectivity index is 1.33. The normalized spacial score (nSPS) is 22.8. The second-order valence-corrected chi connectivity index (χ2v) is 7.82. The summed E-state index contributed by atoms with van der Waals surface area (Å²) in [4.78, 5) is 13.3. The molecule has 2 aromatic heterocycles. The van der Waals surface area contributed by atoms with E-state index < -0.39 is 0 Å². The molecular weight excluding hydrogens is 294 g/mol. The number of hydrogen-bond acceptors (Lipinski definition) is 5. The SMILES string of the molecule is Cc1ccsc1CN1CC2(C1)OCc1nc(C3CC3)ncc12. The van der Waals surface area contributed by atoms with Crippen molar-refractivity contribution in [1.29, 1.82) is 0 Å². The Hall–Kier alpha value is -1.30. The lowest BCUT2D eigenvalue weighted by atomic mass is 9.87. The van der Waals surface area contributed by atoms with Gasteiger partial charge in [0, 0.05) is 42.2 Å². The van der Waals surface area contributed by atoms with Gasteiger partial charge in [-0.25, -0.2) is 9.97 Å². The number of thiophene rings is 1. The second kappa shape index (κ2) is 4.60. The number of aromatic nitrogens is 2. The van der Waals surface area contributed by atoms with E-state index in [0.717, 1.165) is 31.2 Å². The van der Waals surface area contributed by atoms with Crippen LogP contribution in [0.1, 0.15) is 46.3 Å². The van der Waals surface area contributed by atoms with Gasteiger partial charge in [0.1, 0.15) is 11.4 Å². The van der Waals surface area contributed by atoms with E-state index in [-0.39, 0.29) is 5.60 Å². The number of likely N-dealkylation sites (tertiary alicyclic amines) is 1. The Morgan fingerprint density at radius 3 is 3.00 bits per heavy atom. The minimum absolute atomic E-state index is 0.136. The zero-order valence-corrected chi connectivity index (χ0v) is 13.5. The molecule has 5 heteroatoms. The molecule has 2 aliphatic heterocycles. The van der Waals surface area contributed by atoms with Gasteiger partial charge in [-0.05, 0) is 36.8 Å². The molecule has 0 amide bonds. The van der Waals surface area contributed by atoms with Crippen LogP contribution >= 0.6 is 11.3 Å². The van der Waals surface area contributed by atoms with E-state index in [1.807, 2.05) is 17.5 Å². The Kier molecular flexibility index (Phi) is 2.75. The van der Waals surface area contributed by atoms with E-state index in [1.165, 1.54) is 28.8 Å². The molecule has 0 bridgehead atoms. The van der Waals surface area contributed by atoms with Gasteiger partial charge in [-0.2, -0.15) is 0 Å². The van der Waals surface area contributed by atoms with Gasteiger partial charge >= 0.3 is 0 Å². The molecule has 0 atom stereocenters. The van der Waals surface area contributed by atoms with Crippen LogP contribution in [0.25, 0.3) is 0 Å². The molecule has 3 aliphatic rings. The van der Waals surface area contributed by atoms with Crippen LogP contribution in [-0.2, 0) is 23.5 Å². The van der Waals surface area contributed by atoms with Gasteiger partial charge in [0.15, 0.2) is 0 Å². The van der Waals surface area contributed by atoms with Gasteiger partial charge in [-0.15, -0.1) is 11.3 Å². The zero-order valence-electron chi connectivity index (χ0n) is 12.7. The van der Waals surface area contributed by atoms with E-state index in [0.29, 0.717) is 12.5 Å². The van der Waals surface area contributed by atoms with Crippen LogP contribution < -0.4 is 0 Å². The summed E-state index contributed by atoms with van der Waals surface area (Å²) in [5.74, 6) is 1.64. The van der Waals surface area contributed by atoms with Gasteiger partial charge in [0.05, 0.1) is 12.3 Å². The fourth-order valence-corrected chi connectivity index (χ4v) is 4.51. The summed E-state index contributed by atoms with van der Waals surface area (Å²) in [7, 11) is 0. The number of fused-ring (bicyclic) bond motifs is 2. The third kappa shape index (κ3) is 1.96. The molecule has 2 aromatic rings. The first-order chi connectivity index (χ1) is 10.7. The lowest BCUT2D eigenvalue weighted by molar-refractivity contribution is -0.144. The molecule has 1 saturated carbocycles. The zero-order chi connectivity index (χ0) is 14.7. The maximum absolute atomic E-state index is 6.14. The summed E-state index contributed by atoms with van der Waals surface area (Å²) in [5.41, 5.74) is 3.62. The van der Waals surface area contributed by atoms with E-state index in [1.54, 1.807) is 0 Å². The van der Waals surface area contributed by atoms with Crippen LogP contribution in [0.5, 0.6) is 0 Å². The first-order valence-corrected chi connectivity index (χ1v) is 8.87. The molecule has 5 rings (SSSR count). The molecule has 2 fully saturated rings. The molecule has 4 nitrogen and oxygen atoms in total. The number of rotatable bonds is 3. The van der Waals surface area contributed by atoms with Crippen LogP contribution in [-0.4, -0.2) is 28.0 Å². The lowest BCUT2D eigenvalue weighted by Crippen LogP contribution is -2.58. The topological polar surface area (TPSA) is 38.2 Å². The van der Waals surface area contributed by atoms with Crippen molar-refractivity contribution >= 4 is 11.3 Å². The molecule has 1 aliphatic carbocycles. The Morgan fingerprint density at radius 1 is 1.41 bits per heavy atom. The van der Waals surface area contributed by atoms with Gasteiger partial charge in [0.25, 0.3) is 0 Å². The standard InChI is InChI=1S/C17H19N3OS/c1-11-4-5-22-15(11)7-20-9-17(10-20)13-6-18-16(12-2-3-12)19-14(13)8-21-17/h4-6,12H,2-3,7-10H2,1H3. The third-order valence-electron chi connectivity index (χ3n) is 5.10. The number of hydrogen-bond donors (Lipinski definition) is 0. The van der Waals surface area contributed by atoms with Crippen molar-refractivity contribution in [2.75, 3.05) is 13.1 Å². The molecule has 0 radical (unpaired) electrons. The van der Waals surface area contributed by atoms with Gasteiger partial charge in [-0.1, -0.05) is 0 Å². The van der Waals surface area contributed by atoms with Crippen LogP contribution in [0, 0.1) is 6.92 Å². The van der Waals surface area contributed by atoms with Crippen molar-refractivity contribution < 1.29 is 4.74 Å². The van der Waals surface area contributed by atoms with Gasteiger partial charge in [-0.3, -0.25) is 4.90 Å². The first-order valence-electron chi connectivity index (χ1n) is 7.99. The van der Waals surface area contributed by atoms with E-state index in [2.05, 4.69) is 28.3 Å². The number of aryl methyl sites for hydroxylation is 1. The van der Waals surface area contributed by atoms with Crippen LogP contribution in [0.2, 0.25) is 0 Å². The van der Waals surface area contributed by atoms with E-state index >= 15 is 0 Å². The van der Waals surface area contributed by atoms with Crippen LogP contribution in [0.3, 0.4) is 0 Å². The summed E-state index contributed by atoms with van der Waals surface area (Å²) in [6.45, 7) is 5.80. The van der Waals surface area contributed by atoms with E-state index in [9.17, 15) is 0 Å². The van der Waals surface area contributed by atoms with Crippen LogP contribution in [0.4, 0.5) is 0 Å². The number of nitrogens with zero attached hydrogens (tertiary/aromatic N) is 3. The summed E-state index contributed by atoms with van der Waals surface area (Å²) in [6.07, 6.45) is 4.54. The molecule has 22 heavy (non-hydrogen) atoms. The van der Waals surface area contributed by atoms with Crippen molar-refractivity contribution in [3.8, 4) is 0 Å². The van der Waals surface area contributed by atoms with E-state index in [4.69, 9.17) is 9.72 Å². The molecule has 114 valence electrons. The maximum Gasteiger partial charge on any atom is 0.131 e. The molecule has 4 heterocycles. The van der Waals surface area contributed by atoms with Crippen molar-refractivity contribution in [2.24, 2.45) is 0 Å². The average Bonchev–Trinajstić information content (AvgIpc) is 3.16. The van der Waals surface area contributed by atoms with Gasteiger partial charge in [0.2, 0.25) is 0 Å². The van der Waals surface area contributed by atoms with Gasteiger partial charge < -0.3 is 4.74 Å². The number of ether oxygens (including phenoxy) is 1. The van der Waals surface area contributed by atoms with Crippen molar-refractivity contribution in [1.82, 2.24) is 14.9 Å². The summed E-state index contributed by atoms with van der Waals surface area (Å²) >= 11 is 1.85. The summed E-state index contributed by atoms with van der Waals surface area (Å²) in [6, 6.07) is 2.20. The molecule has 0 aromatic carbocycles. The quantitative estimate of drug-likeness (QED) is 0.873. The fraction of sp³-hybridized carbons (Fsp3) is 0.529. The fourth-order valence-electron chi connectivity index (χ4n) is 3.56. The third-order valence-corrected chi connectivity index (χ3v) is 6.11. The first kappa shape index (κ1) is 13.2. The highest BCUT2D eigenvalue weighted by Gasteiger charge is 2.51.